The first kappa shape index (κ1) is 12.9. The molecule has 19 heavy (non-hydrogen) atoms. The van der Waals surface area contributed by atoms with Crippen molar-refractivity contribution in [2.75, 3.05) is 11.9 Å². The molecule has 1 heterocycles. The molecule has 0 radical (unpaired) electrons. The lowest BCUT2D eigenvalue weighted by atomic mass is 9.72. The van der Waals surface area contributed by atoms with Gasteiger partial charge in [-0.25, -0.2) is 0 Å². The predicted molar refractivity (Wildman–Crippen MR) is 75.9 cm³/mol. The van der Waals surface area contributed by atoms with Crippen molar-refractivity contribution in [3.8, 4) is 0 Å². The number of primary amides is 1. The molecule has 5 N–H and O–H groups in total. The smallest absolute Gasteiger partial charge is 0.250 e. The number of hydrogen-bond acceptors (Lipinski definition) is 4. The minimum Gasteiger partial charge on any atom is -0.377 e. The molecule has 2 fully saturated rings. The summed E-state index contributed by atoms with van der Waals surface area (Å²) in [6.07, 6.45) is 1.17. The molecule has 3 rings (SSSR count). The first-order valence-corrected chi connectivity index (χ1v) is 7.10. The molecule has 1 aliphatic heterocycles. The summed E-state index contributed by atoms with van der Waals surface area (Å²) in [5.74, 6) is -0.0226. The number of hydrogen-bond donors (Lipinski definition) is 3. The van der Waals surface area contributed by atoms with E-state index in [0.717, 1.165) is 17.5 Å². The second kappa shape index (κ2) is 4.77. The van der Waals surface area contributed by atoms with Crippen LogP contribution < -0.4 is 16.8 Å². The van der Waals surface area contributed by atoms with E-state index in [1.807, 2.05) is 12.1 Å². The number of nitrogens with two attached hydrogens (primary N) is 2. The first-order valence-electron chi connectivity index (χ1n) is 6.31. The number of carbonyl (C=O) groups excluding carboxylic acids is 1. The van der Waals surface area contributed by atoms with E-state index in [1.165, 1.54) is 0 Å². The van der Waals surface area contributed by atoms with Crippen molar-refractivity contribution in [2.24, 2.45) is 17.4 Å². The van der Waals surface area contributed by atoms with Crippen LogP contribution in [0.5, 0.6) is 0 Å². The van der Waals surface area contributed by atoms with Crippen LogP contribution >= 0.6 is 15.9 Å². The summed E-state index contributed by atoms with van der Waals surface area (Å²) in [5, 5.41) is 3.31. The predicted octanol–water partition coefficient (Wildman–Crippen LogP) is 1.07. The number of halogens is 1. The average molecular weight is 326 g/mol. The molecule has 1 aliphatic carbocycles. The highest BCUT2D eigenvalue weighted by Gasteiger charge is 2.52. The van der Waals surface area contributed by atoms with Crippen LogP contribution in [0, 0.1) is 5.92 Å². The van der Waals surface area contributed by atoms with Crippen LogP contribution in [0.3, 0.4) is 0 Å². The van der Waals surface area contributed by atoms with Gasteiger partial charge in [-0.15, -0.1) is 0 Å². The fourth-order valence-electron chi connectivity index (χ4n) is 2.95. The second-order valence-corrected chi connectivity index (χ2v) is 6.01. The van der Waals surface area contributed by atoms with Gasteiger partial charge in [0.15, 0.2) is 0 Å². The third-order valence-corrected chi connectivity index (χ3v) is 4.51. The molecular weight excluding hydrogens is 310 g/mol. The topological polar surface area (TPSA) is 90.4 Å². The average Bonchev–Trinajstić information content (AvgIpc) is 2.81. The number of fused-ring (bicyclic) bond motifs is 1. The number of ether oxygens (including phenoxy) is 1. The van der Waals surface area contributed by atoms with Crippen molar-refractivity contribution in [1.82, 2.24) is 0 Å². The van der Waals surface area contributed by atoms with Gasteiger partial charge < -0.3 is 21.5 Å². The number of amides is 1. The Morgan fingerprint density at radius 1 is 1.47 bits per heavy atom. The molecule has 2 aliphatic rings. The van der Waals surface area contributed by atoms with E-state index in [9.17, 15) is 4.79 Å². The van der Waals surface area contributed by atoms with Crippen molar-refractivity contribution < 1.29 is 9.53 Å². The lowest BCUT2D eigenvalue weighted by Crippen LogP contribution is -2.65. The highest BCUT2D eigenvalue weighted by atomic mass is 79.9. The number of nitrogens with one attached hydrogen (secondary N) is 1. The van der Waals surface area contributed by atoms with Crippen molar-refractivity contribution >= 4 is 27.5 Å². The molecule has 1 saturated heterocycles. The Bertz CT molecular complexity index is 523. The Hall–Kier alpha value is -1.11. The summed E-state index contributed by atoms with van der Waals surface area (Å²) in [4.78, 5) is 11.5. The molecule has 102 valence electrons. The highest BCUT2D eigenvalue weighted by molar-refractivity contribution is 9.10. The standard InChI is InChI=1S/C13H16BrN3O2/c14-6-1-2-9(8(5-6)13(16)18)17-11-10(15)7-3-4-19-12(7)11/h1-2,5,7,10-12,17H,3-4,15H2,(H2,16,18). The fourth-order valence-corrected chi connectivity index (χ4v) is 3.31. The van der Waals surface area contributed by atoms with Crippen LogP contribution in [0.4, 0.5) is 5.69 Å². The van der Waals surface area contributed by atoms with Gasteiger partial charge >= 0.3 is 0 Å². The van der Waals surface area contributed by atoms with Gasteiger partial charge in [0.2, 0.25) is 0 Å². The van der Waals surface area contributed by atoms with Gasteiger partial charge in [-0.05, 0) is 24.6 Å². The molecule has 1 amide bonds. The van der Waals surface area contributed by atoms with Crippen LogP contribution in [0.25, 0.3) is 0 Å². The lowest BCUT2D eigenvalue weighted by Gasteiger charge is -2.46. The molecule has 1 saturated carbocycles. The lowest BCUT2D eigenvalue weighted by molar-refractivity contribution is 0.00535. The molecule has 0 spiro atoms. The molecule has 1 aromatic rings. The number of rotatable bonds is 3. The first-order chi connectivity index (χ1) is 9.08. The fraction of sp³-hybridized carbons (Fsp3) is 0.462. The van der Waals surface area contributed by atoms with Crippen molar-refractivity contribution in [1.29, 1.82) is 0 Å². The van der Waals surface area contributed by atoms with Crippen LogP contribution in [-0.2, 0) is 4.74 Å². The summed E-state index contributed by atoms with van der Waals surface area (Å²) in [6.45, 7) is 0.768. The summed E-state index contributed by atoms with van der Waals surface area (Å²) < 4.78 is 6.48. The third kappa shape index (κ3) is 2.13. The molecule has 1 aromatic carbocycles. The monoisotopic (exact) mass is 325 g/mol. The molecule has 5 nitrogen and oxygen atoms in total. The molecule has 4 atom stereocenters. The van der Waals surface area contributed by atoms with Gasteiger partial charge in [0.25, 0.3) is 5.91 Å². The zero-order valence-corrected chi connectivity index (χ0v) is 11.9. The summed E-state index contributed by atoms with van der Waals surface area (Å²) in [5.41, 5.74) is 12.7. The molecule has 0 bridgehead atoms. The zero-order valence-electron chi connectivity index (χ0n) is 10.3. The largest absolute Gasteiger partial charge is 0.377 e. The van der Waals surface area contributed by atoms with Gasteiger partial charge in [0.1, 0.15) is 0 Å². The normalized spacial score (nSPS) is 32.5. The van der Waals surface area contributed by atoms with Crippen molar-refractivity contribution in [3.63, 3.8) is 0 Å². The van der Waals surface area contributed by atoms with Gasteiger partial charge in [-0.2, -0.15) is 0 Å². The Kier molecular flexibility index (Phi) is 3.24. The maximum absolute atomic E-state index is 11.5. The van der Waals surface area contributed by atoms with Gasteiger partial charge in [0, 0.05) is 28.7 Å². The number of carbonyl (C=O) groups is 1. The number of anilines is 1. The van der Waals surface area contributed by atoms with E-state index in [4.69, 9.17) is 16.2 Å². The number of benzene rings is 1. The van der Waals surface area contributed by atoms with Gasteiger partial charge in [-0.1, -0.05) is 15.9 Å². The highest BCUT2D eigenvalue weighted by Crippen LogP contribution is 2.39. The SMILES string of the molecule is NC(=O)c1cc(Br)ccc1NC1C(N)C2CCOC21. The van der Waals surface area contributed by atoms with E-state index >= 15 is 0 Å². The minimum atomic E-state index is -0.458. The Morgan fingerprint density at radius 3 is 3.00 bits per heavy atom. The van der Waals surface area contributed by atoms with Crippen molar-refractivity contribution in [2.45, 2.75) is 24.6 Å². The van der Waals surface area contributed by atoms with Crippen LogP contribution in [0.15, 0.2) is 22.7 Å². The third-order valence-electron chi connectivity index (χ3n) is 4.02. The van der Waals surface area contributed by atoms with Gasteiger partial charge in [0.05, 0.1) is 17.7 Å². The minimum absolute atomic E-state index is 0.0479. The Balaban J connectivity index is 1.82. The van der Waals surface area contributed by atoms with Crippen LogP contribution in [0.1, 0.15) is 16.8 Å². The quantitative estimate of drug-likeness (QED) is 0.775. The van der Waals surface area contributed by atoms with Crippen LogP contribution in [0.2, 0.25) is 0 Å². The second-order valence-electron chi connectivity index (χ2n) is 5.09. The molecular formula is C13H16BrN3O2. The maximum Gasteiger partial charge on any atom is 0.250 e. The summed E-state index contributed by atoms with van der Waals surface area (Å²) in [7, 11) is 0. The summed E-state index contributed by atoms with van der Waals surface area (Å²) in [6, 6.07) is 5.52. The van der Waals surface area contributed by atoms with E-state index in [0.29, 0.717) is 17.2 Å². The van der Waals surface area contributed by atoms with E-state index < -0.39 is 5.91 Å². The zero-order chi connectivity index (χ0) is 13.6. The maximum atomic E-state index is 11.5. The van der Waals surface area contributed by atoms with E-state index in [1.54, 1.807) is 6.07 Å². The summed E-state index contributed by atoms with van der Waals surface area (Å²) >= 11 is 3.33. The molecule has 6 heteroatoms. The van der Waals surface area contributed by atoms with E-state index in [-0.39, 0.29) is 18.2 Å². The van der Waals surface area contributed by atoms with E-state index in [2.05, 4.69) is 21.2 Å². The Morgan fingerprint density at radius 2 is 2.26 bits per heavy atom. The van der Waals surface area contributed by atoms with Crippen LogP contribution in [-0.4, -0.2) is 30.7 Å². The molecule has 4 unspecified atom stereocenters. The van der Waals surface area contributed by atoms with Gasteiger partial charge in [-0.3, -0.25) is 4.79 Å². The molecule has 0 aromatic heterocycles. The Labute approximate surface area is 119 Å². The van der Waals surface area contributed by atoms with Crippen molar-refractivity contribution in [3.05, 3.63) is 28.2 Å².